The Bertz CT molecular complexity index is 140. The normalized spacial score (nSPS) is 12.8. The van der Waals surface area contributed by atoms with Crippen LogP contribution >= 0.6 is 0 Å². The zero-order valence-electron chi connectivity index (χ0n) is 9.05. The van der Waals surface area contributed by atoms with E-state index in [1.54, 1.807) is 0 Å². The second-order valence-electron chi connectivity index (χ2n) is 3.74. The maximum Gasteiger partial charge on any atom is 0.0101 e. The van der Waals surface area contributed by atoms with Gasteiger partial charge >= 0.3 is 0 Å². The van der Waals surface area contributed by atoms with Crippen molar-refractivity contribution in [3.8, 4) is 12.3 Å². The van der Waals surface area contributed by atoms with E-state index in [2.05, 4.69) is 19.8 Å². The van der Waals surface area contributed by atoms with Crippen molar-refractivity contribution < 1.29 is 0 Å². The summed E-state index contributed by atoms with van der Waals surface area (Å²) < 4.78 is 0. The van der Waals surface area contributed by atoms with Crippen LogP contribution in [-0.4, -0.2) is 6.04 Å². The maximum atomic E-state index is 6.08. The number of hydrogen-bond acceptors (Lipinski definition) is 1. The zero-order chi connectivity index (χ0) is 10.1. The first kappa shape index (κ1) is 12.5. The van der Waals surface area contributed by atoms with E-state index >= 15 is 0 Å². The molecule has 0 aliphatic carbocycles. The molecule has 0 amide bonds. The summed E-state index contributed by atoms with van der Waals surface area (Å²) in [5, 5.41) is 0. The lowest BCUT2D eigenvalue weighted by atomic mass is 9.88. The molecule has 0 aromatic carbocycles. The van der Waals surface area contributed by atoms with Gasteiger partial charge in [-0.05, 0) is 25.2 Å². The van der Waals surface area contributed by atoms with Crippen LogP contribution in [0.5, 0.6) is 0 Å². The van der Waals surface area contributed by atoms with E-state index in [0.29, 0.717) is 12.0 Å². The summed E-state index contributed by atoms with van der Waals surface area (Å²) in [7, 11) is 0. The van der Waals surface area contributed by atoms with E-state index in [0.717, 1.165) is 12.8 Å². The third-order valence-electron chi connectivity index (χ3n) is 2.55. The largest absolute Gasteiger partial charge is 0.327 e. The Labute approximate surface area is 83.1 Å². The molecule has 76 valence electrons. The van der Waals surface area contributed by atoms with Crippen molar-refractivity contribution in [3.63, 3.8) is 0 Å². The van der Waals surface area contributed by atoms with Gasteiger partial charge in [0, 0.05) is 12.5 Å². The third kappa shape index (κ3) is 5.71. The Balaban J connectivity index is 3.80. The second-order valence-corrected chi connectivity index (χ2v) is 3.74. The van der Waals surface area contributed by atoms with Crippen LogP contribution in [0.2, 0.25) is 0 Å². The fourth-order valence-electron chi connectivity index (χ4n) is 1.80. The highest BCUT2D eigenvalue weighted by molar-refractivity contribution is 4.86. The van der Waals surface area contributed by atoms with Crippen LogP contribution in [0.1, 0.15) is 52.4 Å². The molecule has 0 saturated heterocycles. The Hall–Kier alpha value is -0.480. The first-order valence-corrected chi connectivity index (χ1v) is 5.45. The smallest absolute Gasteiger partial charge is 0.0101 e. The van der Waals surface area contributed by atoms with Gasteiger partial charge in [-0.25, -0.2) is 0 Å². The predicted octanol–water partition coefficient (Wildman–Crippen LogP) is 2.94. The van der Waals surface area contributed by atoms with Crippen LogP contribution < -0.4 is 5.73 Å². The molecule has 1 nitrogen and oxygen atoms in total. The molecule has 1 atom stereocenters. The van der Waals surface area contributed by atoms with E-state index in [1.807, 2.05) is 0 Å². The van der Waals surface area contributed by atoms with Crippen molar-refractivity contribution in [2.75, 3.05) is 0 Å². The minimum atomic E-state index is 0.316. The molecule has 13 heavy (non-hydrogen) atoms. The lowest BCUT2D eigenvalue weighted by Gasteiger charge is -2.22. The third-order valence-corrected chi connectivity index (χ3v) is 2.55. The Morgan fingerprint density at radius 1 is 1.15 bits per heavy atom. The highest BCUT2D eigenvalue weighted by Crippen LogP contribution is 2.19. The highest BCUT2D eigenvalue weighted by atomic mass is 14.6. The lowest BCUT2D eigenvalue weighted by Crippen LogP contribution is -2.29. The highest BCUT2D eigenvalue weighted by Gasteiger charge is 2.14. The molecule has 0 spiro atoms. The van der Waals surface area contributed by atoms with Gasteiger partial charge in [0.05, 0.1) is 0 Å². The van der Waals surface area contributed by atoms with Gasteiger partial charge in [-0.1, -0.05) is 26.7 Å². The Morgan fingerprint density at radius 2 is 1.69 bits per heavy atom. The molecule has 1 unspecified atom stereocenters. The first-order valence-electron chi connectivity index (χ1n) is 5.45. The monoisotopic (exact) mass is 181 g/mol. The summed E-state index contributed by atoms with van der Waals surface area (Å²) in [6.07, 6.45) is 12.0. The summed E-state index contributed by atoms with van der Waals surface area (Å²) in [5.74, 6) is 3.34. The summed E-state index contributed by atoms with van der Waals surface area (Å²) in [6.45, 7) is 4.44. The van der Waals surface area contributed by atoms with Crippen molar-refractivity contribution in [3.05, 3.63) is 0 Å². The van der Waals surface area contributed by atoms with Crippen molar-refractivity contribution in [2.45, 2.75) is 58.4 Å². The standard InChI is InChI=1S/C12H23N/c1-4-7-10-12(13)11(8-5-2)9-6-3/h1,11-12H,5-10,13H2,2-3H3. The van der Waals surface area contributed by atoms with Crippen molar-refractivity contribution >= 4 is 0 Å². The molecule has 0 fully saturated rings. The van der Waals surface area contributed by atoms with Gasteiger partial charge < -0.3 is 5.73 Å². The predicted molar refractivity (Wildman–Crippen MR) is 59.3 cm³/mol. The Kier molecular flexibility index (Phi) is 7.83. The van der Waals surface area contributed by atoms with E-state index in [1.165, 1.54) is 25.7 Å². The molecule has 0 aliphatic heterocycles. The van der Waals surface area contributed by atoms with Crippen LogP contribution in [0, 0.1) is 18.3 Å². The van der Waals surface area contributed by atoms with Crippen LogP contribution in [0.25, 0.3) is 0 Å². The van der Waals surface area contributed by atoms with Gasteiger partial charge in [-0.2, -0.15) is 0 Å². The number of nitrogens with two attached hydrogens (primary N) is 1. The topological polar surface area (TPSA) is 26.0 Å². The summed E-state index contributed by atoms with van der Waals surface area (Å²) in [4.78, 5) is 0. The summed E-state index contributed by atoms with van der Waals surface area (Å²) in [6, 6.07) is 0.316. The van der Waals surface area contributed by atoms with Gasteiger partial charge in [0.15, 0.2) is 0 Å². The van der Waals surface area contributed by atoms with E-state index in [4.69, 9.17) is 12.2 Å². The van der Waals surface area contributed by atoms with E-state index < -0.39 is 0 Å². The minimum absolute atomic E-state index is 0.316. The average molecular weight is 181 g/mol. The quantitative estimate of drug-likeness (QED) is 0.600. The van der Waals surface area contributed by atoms with Gasteiger partial charge in [0.2, 0.25) is 0 Å². The molecule has 0 saturated carbocycles. The van der Waals surface area contributed by atoms with Gasteiger partial charge in [0.25, 0.3) is 0 Å². The lowest BCUT2D eigenvalue weighted by molar-refractivity contribution is 0.350. The molecular weight excluding hydrogens is 158 g/mol. The zero-order valence-corrected chi connectivity index (χ0v) is 9.05. The second kappa shape index (κ2) is 8.13. The molecule has 0 aliphatic rings. The first-order chi connectivity index (χ1) is 6.26. The number of terminal acetylenes is 1. The van der Waals surface area contributed by atoms with Crippen LogP contribution in [0.3, 0.4) is 0 Å². The van der Waals surface area contributed by atoms with Crippen molar-refractivity contribution in [2.24, 2.45) is 11.7 Å². The molecular formula is C12H23N. The SMILES string of the molecule is C#CCCC(N)C(CCC)CCC. The molecule has 0 bridgehead atoms. The van der Waals surface area contributed by atoms with Crippen molar-refractivity contribution in [1.82, 2.24) is 0 Å². The summed E-state index contributed by atoms with van der Waals surface area (Å²) >= 11 is 0. The molecule has 0 aromatic rings. The van der Waals surface area contributed by atoms with Gasteiger partial charge in [0.1, 0.15) is 0 Å². The molecule has 0 heterocycles. The molecule has 1 heteroatoms. The fraction of sp³-hybridized carbons (Fsp3) is 0.833. The van der Waals surface area contributed by atoms with Crippen LogP contribution in [0.4, 0.5) is 0 Å². The molecule has 0 rings (SSSR count). The van der Waals surface area contributed by atoms with Gasteiger partial charge in [-0.3, -0.25) is 0 Å². The van der Waals surface area contributed by atoms with Crippen LogP contribution in [0.15, 0.2) is 0 Å². The maximum absolute atomic E-state index is 6.08. The molecule has 2 N–H and O–H groups in total. The number of hydrogen-bond donors (Lipinski definition) is 1. The number of rotatable bonds is 7. The van der Waals surface area contributed by atoms with Crippen LogP contribution in [-0.2, 0) is 0 Å². The molecule has 0 aromatic heterocycles. The molecule has 0 radical (unpaired) electrons. The van der Waals surface area contributed by atoms with E-state index in [-0.39, 0.29) is 0 Å². The Morgan fingerprint density at radius 3 is 2.08 bits per heavy atom. The van der Waals surface area contributed by atoms with E-state index in [9.17, 15) is 0 Å². The van der Waals surface area contributed by atoms with Crippen molar-refractivity contribution in [1.29, 1.82) is 0 Å². The fourth-order valence-corrected chi connectivity index (χ4v) is 1.80. The van der Waals surface area contributed by atoms with Gasteiger partial charge in [-0.15, -0.1) is 12.3 Å². The summed E-state index contributed by atoms with van der Waals surface area (Å²) in [5.41, 5.74) is 6.08. The minimum Gasteiger partial charge on any atom is -0.327 e. The average Bonchev–Trinajstić information content (AvgIpc) is 2.14.